The molecular weight excluding hydrogens is 226 g/mol. The first kappa shape index (κ1) is 13.9. The van der Waals surface area contributed by atoms with Crippen LogP contribution < -0.4 is 5.32 Å². The lowest BCUT2D eigenvalue weighted by molar-refractivity contribution is -0.149. The Hall–Kier alpha value is -0.570. The molecule has 2 saturated carbocycles. The van der Waals surface area contributed by atoms with Crippen molar-refractivity contribution in [2.24, 2.45) is 5.41 Å². The fourth-order valence-electron chi connectivity index (χ4n) is 3.52. The van der Waals surface area contributed by atoms with Crippen LogP contribution in [-0.4, -0.2) is 23.7 Å². The third-order valence-corrected chi connectivity index (χ3v) is 4.85. The number of hydrogen-bond donors (Lipinski definition) is 2. The highest BCUT2D eigenvalue weighted by Crippen LogP contribution is 2.35. The number of nitrogens with one attached hydrogen (secondary N) is 1. The van der Waals surface area contributed by atoms with Gasteiger partial charge in [0.1, 0.15) is 0 Å². The zero-order valence-corrected chi connectivity index (χ0v) is 11.4. The molecule has 0 spiro atoms. The van der Waals surface area contributed by atoms with E-state index in [1.54, 1.807) is 0 Å². The fourth-order valence-corrected chi connectivity index (χ4v) is 3.52. The van der Waals surface area contributed by atoms with Crippen molar-refractivity contribution in [2.45, 2.75) is 76.7 Å². The summed E-state index contributed by atoms with van der Waals surface area (Å²) in [5.41, 5.74) is -0.478. The summed E-state index contributed by atoms with van der Waals surface area (Å²) in [5.74, 6) is -0.576. The molecule has 2 aliphatic rings. The van der Waals surface area contributed by atoms with Crippen molar-refractivity contribution in [1.82, 2.24) is 5.32 Å². The van der Waals surface area contributed by atoms with Gasteiger partial charge in [-0.15, -0.1) is 0 Å². The topological polar surface area (TPSA) is 49.3 Å². The van der Waals surface area contributed by atoms with E-state index in [4.69, 9.17) is 0 Å². The molecule has 0 amide bonds. The maximum Gasteiger partial charge on any atom is 0.310 e. The van der Waals surface area contributed by atoms with Crippen molar-refractivity contribution in [2.75, 3.05) is 6.54 Å². The lowest BCUT2D eigenvalue weighted by Crippen LogP contribution is -2.44. The van der Waals surface area contributed by atoms with E-state index in [0.29, 0.717) is 12.6 Å². The van der Waals surface area contributed by atoms with Crippen LogP contribution in [0.1, 0.15) is 70.6 Å². The second kappa shape index (κ2) is 6.55. The first-order valence-electron chi connectivity index (χ1n) is 7.70. The van der Waals surface area contributed by atoms with Gasteiger partial charge in [-0.3, -0.25) is 4.79 Å². The molecule has 2 aliphatic carbocycles. The van der Waals surface area contributed by atoms with Gasteiger partial charge in [-0.05, 0) is 25.7 Å². The molecular formula is C15H27NO2. The van der Waals surface area contributed by atoms with Crippen molar-refractivity contribution in [3.63, 3.8) is 0 Å². The van der Waals surface area contributed by atoms with Gasteiger partial charge in [-0.1, -0.05) is 44.9 Å². The maximum atomic E-state index is 11.7. The maximum absolute atomic E-state index is 11.7. The van der Waals surface area contributed by atoms with Crippen LogP contribution >= 0.6 is 0 Å². The summed E-state index contributed by atoms with van der Waals surface area (Å²) in [7, 11) is 0. The molecule has 2 rings (SSSR count). The Morgan fingerprint density at radius 3 is 2.11 bits per heavy atom. The van der Waals surface area contributed by atoms with Crippen molar-refractivity contribution >= 4 is 5.97 Å². The van der Waals surface area contributed by atoms with E-state index >= 15 is 0 Å². The number of aliphatic carboxylic acids is 1. The van der Waals surface area contributed by atoms with E-state index in [0.717, 1.165) is 25.7 Å². The summed E-state index contributed by atoms with van der Waals surface area (Å²) in [4.78, 5) is 11.7. The second-order valence-corrected chi connectivity index (χ2v) is 6.22. The summed E-state index contributed by atoms with van der Waals surface area (Å²) in [6.45, 7) is 0.687. The van der Waals surface area contributed by atoms with Crippen LogP contribution in [0.2, 0.25) is 0 Å². The average molecular weight is 253 g/mol. The van der Waals surface area contributed by atoms with Gasteiger partial charge in [0.25, 0.3) is 0 Å². The minimum absolute atomic E-state index is 0.478. The molecule has 0 saturated heterocycles. The summed E-state index contributed by atoms with van der Waals surface area (Å²) in [5, 5.41) is 13.2. The molecule has 0 unspecified atom stereocenters. The molecule has 2 fully saturated rings. The standard InChI is InChI=1S/C15H27NO2/c17-14(18)15(10-6-1-2-7-11-15)12-16-13-8-4-3-5-9-13/h13,16H,1-12H2,(H,17,18). The summed E-state index contributed by atoms with van der Waals surface area (Å²) in [6, 6.07) is 0.568. The van der Waals surface area contributed by atoms with Gasteiger partial charge < -0.3 is 10.4 Å². The summed E-state index contributed by atoms with van der Waals surface area (Å²) < 4.78 is 0. The molecule has 104 valence electrons. The third-order valence-electron chi connectivity index (χ3n) is 4.85. The van der Waals surface area contributed by atoms with Crippen LogP contribution in [0.15, 0.2) is 0 Å². The minimum Gasteiger partial charge on any atom is -0.481 e. The van der Waals surface area contributed by atoms with Crippen molar-refractivity contribution in [3.05, 3.63) is 0 Å². The first-order valence-corrected chi connectivity index (χ1v) is 7.70. The van der Waals surface area contributed by atoms with Gasteiger partial charge in [-0.2, -0.15) is 0 Å². The SMILES string of the molecule is O=C(O)C1(CNC2CCCCC2)CCCCCC1. The number of carboxylic acid groups (broad SMARTS) is 1. The molecule has 0 atom stereocenters. The number of hydrogen-bond acceptors (Lipinski definition) is 2. The largest absolute Gasteiger partial charge is 0.481 e. The van der Waals surface area contributed by atoms with Crippen LogP contribution in [0.25, 0.3) is 0 Å². The fraction of sp³-hybridized carbons (Fsp3) is 0.933. The zero-order valence-electron chi connectivity index (χ0n) is 11.4. The molecule has 0 bridgehead atoms. The van der Waals surface area contributed by atoms with Gasteiger partial charge in [-0.25, -0.2) is 0 Å². The van der Waals surface area contributed by atoms with Crippen LogP contribution in [0, 0.1) is 5.41 Å². The summed E-state index contributed by atoms with van der Waals surface area (Å²) in [6.07, 6.45) is 12.7. The van der Waals surface area contributed by atoms with E-state index in [-0.39, 0.29) is 0 Å². The Morgan fingerprint density at radius 2 is 1.56 bits per heavy atom. The lowest BCUT2D eigenvalue weighted by Gasteiger charge is -2.32. The number of rotatable bonds is 4. The highest BCUT2D eigenvalue weighted by atomic mass is 16.4. The Bertz CT molecular complexity index is 264. The second-order valence-electron chi connectivity index (χ2n) is 6.22. The van der Waals surface area contributed by atoms with E-state index < -0.39 is 11.4 Å². The van der Waals surface area contributed by atoms with Crippen molar-refractivity contribution < 1.29 is 9.90 Å². The van der Waals surface area contributed by atoms with Crippen LogP contribution in [0.5, 0.6) is 0 Å². The monoisotopic (exact) mass is 253 g/mol. The highest BCUT2D eigenvalue weighted by Gasteiger charge is 2.38. The third kappa shape index (κ3) is 3.47. The average Bonchev–Trinajstić information content (AvgIpc) is 2.64. The van der Waals surface area contributed by atoms with Gasteiger partial charge >= 0.3 is 5.97 Å². The molecule has 0 aromatic rings. The molecule has 2 N–H and O–H groups in total. The molecule has 0 aromatic carbocycles. The molecule has 0 radical (unpaired) electrons. The van der Waals surface area contributed by atoms with E-state index in [1.807, 2.05) is 0 Å². The van der Waals surface area contributed by atoms with E-state index in [9.17, 15) is 9.90 Å². The van der Waals surface area contributed by atoms with Gasteiger partial charge in [0.2, 0.25) is 0 Å². The number of carbonyl (C=O) groups is 1. The Balaban J connectivity index is 1.90. The lowest BCUT2D eigenvalue weighted by atomic mass is 9.79. The molecule has 3 nitrogen and oxygen atoms in total. The van der Waals surface area contributed by atoms with Crippen LogP contribution in [0.4, 0.5) is 0 Å². The van der Waals surface area contributed by atoms with Gasteiger partial charge in [0.15, 0.2) is 0 Å². The molecule has 0 aliphatic heterocycles. The molecule has 0 aromatic heterocycles. The normalized spacial score (nSPS) is 25.6. The molecule has 18 heavy (non-hydrogen) atoms. The smallest absolute Gasteiger partial charge is 0.310 e. The summed E-state index contributed by atoms with van der Waals surface area (Å²) >= 11 is 0. The highest BCUT2D eigenvalue weighted by molar-refractivity contribution is 5.75. The van der Waals surface area contributed by atoms with Crippen molar-refractivity contribution in [1.29, 1.82) is 0 Å². The molecule has 0 heterocycles. The van der Waals surface area contributed by atoms with Gasteiger partial charge in [0, 0.05) is 12.6 Å². The van der Waals surface area contributed by atoms with E-state index in [2.05, 4.69) is 5.32 Å². The van der Waals surface area contributed by atoms with E-state index in [1.165, 1.54) is 44.9 Å². The predicted molar refractivity (Wildman–Crippen MR) is 72.6 cm³/mol. The quantitative estimate of drug-likeness (QED) is 0.756. The van der Waals surface area contributed by atoms with Crippen LogP contribution in [0.3, 0.4) is 0 Å². The number of carboxylic acids is 1. The van der Waals surface area contributed by atoms with Gasteiger partial charge in [0.05, 0.1) is 5.41 Å². The molecule has 3 heteroatoms. The predicted octanol–water partition coefficient (Wildman–Crippen LogP) is 3.33. The first-order chi connectivity index (χ1) is 8.73. The van der Waals surface area contributed by atoms with Crippen LogP contribution in [-0.2, 0) is 4.79 Å². The Morgan fingerprint density at radius 1 is 1.00 bits per heavy atom. The Kier molecular flexibility index (Phi) is 5.04. The van der Waals surface area contributed by atoms with Crippen molar-refractivity contribution in [3.8, 4) is 0 Å². The Labute approximate surface area is 110 Å². The zero-order chi connectivity index (χ0) is 12.8. The minimum atomic E-state index is -0.576.